The van der Waals surface area contributed by atoms with Gasteiger partial charge in [-0.2, -0.15) is 5.26 Å². The van der Waals surface area contributed by atoms with Gasteiger partial charge in [-0.25, -0.2) is 0 Å². The van der Waals surface area contributed by atoms with Gasteiger partial charge >= 0.3 is 5.97 Å². The highest BCUT2D eigenvalue weighted by Crippen LogP contribution is 2.21. The highest BCUT2D eigenvalue weighted by atomic mass is 79.9. The van der Waals surface area contributed by atoms with E-state index in [2.05, 4.69) is 27.3 Å². The summed E-state index contributed by atoms with van der Waals surface area (Å²) in [5, 5.41) is 21.0. The van der Waals surface area contributed by atoms with Gasteiger partial charge in [0.05, 0.1) is 17.7 Å². The summed E-state index contributed by atoms with van der Waals surface area (Å²) in [5.74, 6) is -0.839. The molecule has 2 rings (SSSR count). The molecule has 5 heteroatoms. The smallest absolute Gasteiger partial charge is 0.307 e. The molecule has 21 heavy (non-hydrogen) atoms. The largest absolute Gasteiger partial charge is 0.481 e. The van der Waals surface area contributed by atoms with E-state index in [4.69, 9.17) is 10.4 Å². The summed E-state index contributed by atoms with van der Waals surface area (Å²) < 4.78 is 0.864. The molecule has 0 aliphatic heterocycles. The van der Waals surface area contributed by atoms with E-state index in [1.165, 1.54) is 0 Å². The lowest BCUT2D eigenvalue weighted by molar-refractivity contribution is -0.136. The fraction of sp³-hybridized carbons (Fsp3) is 0.125. The maximum Gasteiger partial charge on any atom is 0.307 e. The maximum atomic E-state index is 10.6. The zero-order valence-electron chi connectivity index (χ0n) is 11.1. The number of anilines is 1. The van der Waals surface area contributed by atoms with E-state index in [-0.39, 0.29) is 6.42 Å². The third-order valence-corrected chi connectivity index (χ3v) is 3.46. The minimum absolute atomic E-state index is 0.0268. The van der Waals surface area contributed by atoms with E-state index in [9.17, 15) is 4.79 Å². The van der Waals surface area contributed by atoms with E-state index in [1.807, 2.05) is 24.3 Å². The number of nitriles is 1. The predicted octanol–water partition coefficient (Wildman–Crippen LogP) is 3.56. The molecule has 0 saturated carbocycles. The van der Waals surface area contributed by atoms with Crippen LogP contribution in [-0.4, -0.2) is 11.1 Å². The summed E-state index contributed by atoms with van der Waals surface area (Å²) in [6, 6.07) is 15.0. The maximum absolute atomic E-state index is 10.6. The second-order valence-corrected chi connectivity index (χ2v) is 5.46. The average molecular weight is 345 g/mol. The van der Waals surface area contributed by atoms with Crippen molar-refractivity contribution in [1.82, 2.24) is 0 Å². The van der Waals surface area contributed by atoms with Crippen LogP contribution in [-0.2, 0) is 17.8 Å². The van der Waals surface area contributed by atoms with Crippen LogP contribution in [0.25, 0.3) is 0 Å². The van der Waals surface area contributed by atoms with Gasteiger partial charge in [-0.15, -0.1) is 0 Å². The molecule has 0 heterocycles. The summed E-state index contributed by atoms with van der Waals surface area (Å²) >= 11 is 3.33. The van der Waals surface area contributed by atoms with Gasteiger partial charge in [0.2, 0.25) is 0 Å². The molecule has 0 unspecified atom stereocenters. The van der Waals surface area contributed by atoms with Crippen LogP contribution in [0.1, 0.15) is 16.7 Å². The number of aliphatic carboxylic acids is 1. The quantitative estimate of drug-likeness (QED) is 0.869. The van der Waals surface area contributed by atoms with E-state index >= 15 is 0 Å². The van der Waals surface area contributed by atoms with Crippen LogP contribution in [0.5, 0.6) is 0 Å². The molecule has 0 amide bonds. The monoisotopic (exact) mass is 344 g/mol. The normalized spacial score (nSPS) is 9.90. The average Bonchev–Trinajstić information content (AvgIpc) is 2.46. The van der Waals surface area contributed by atoms with Gasteiger partial charge < -0.3 is 10.4 Å². The molecule has 0 aliphatic rings. The summed E-state index contributed by atoms with van der Waals surface area (Å²) in [4.78, 5) is 10.6. The third kappa shape index (κ3) is 4.33. The molecule has 0 saturated heterocycles. The predicted molar refractivity (Wildman–Crippen MR) is 84.0 cm³/mol. The molecule has 4 nitrogen and oxygen atoms in total. The van der Waals surface area contributed by atoms with Gasteiger partial charge in [0.1, 0.15) is 6.07 Å². The second-order valence-electron chi connectivity index (χ2n) is 4.54. The van der Waals surface area contributed by atoms with Crippen LogP contribution in [0.2, 0.25) is 0 Å². The topological polar surface area (TPSA) is 73.1 Å². The van der Waals surface area contributed by atoms with Crippen molar-refractivity contribution in [2.75, 3.05) is 5.32 Å². The standard InChI is InChI=1S/C16H13BrN2O2/c17-14-5-6-15(13(8-14)9-18)19-10-12-3-1-11(2-4-12)7-16(20)21/h1-6,8,19H,7,10H2,(H,20,21). The van der Waals surface area contributed by atoms with Crippen LogP contribution in [0.4, 0.5) is 5.69 Å². The van der Waals surface area contributed by atoms with Crippen molar-refractivity contribution in [2.24, 2.45) is 0 Å². The van der Waals surface area contributed by atoms with Gasteiger partial charge in [-0.05, 0) is 29.3 Å². The number of nitrogens with one attached hydrogen (secondary N) is 1. The van der Waals surface area contributed by atoms with Crippen LogP contribution < -0.4 is 5.32 Å². The minimum atomic E-state index is -0.839. The fourth-order valence-electron chi connectivity index (χ4n) is 1.91. The van der Waals surface area contributed by atoms with Gasteiger partial charge in [-0.3, -0.25) is 4.79 Å². The minimum Gasteiger partial charge on any atom is -0.481 e. The van der Waals surface area contributed by atoms with Crippen LogP contribution in [0.3, 0.4) is 0 Å². The number of carboxylic acid groups (broad SMARTS) is 1. The highest BCUT2D eigenvalue weighted by molar-refractivity contribution is 9.10. The Labute approximate surface area is 131 Å². The number of rotatable bonds is 5. The van der Waals surface area contributed by atoms with Crippen molar-refractivity contribution in [1.29, 1.82) is 5.26 Å². The summed E-state index contributed by atoms with van der Waals surface area (Å²) in [5.41, 5.74) is 3.14. The summed E-state index contributed by atoms with van der Waals surface area (Å²) in [7, 11) is 0. The van der Waals surface area contributed by atoms with Crippen LogP contribution >= 0.6 is 15.9 Å². The molecular formula is C16H13BrN2O2. The molecule has 2 N–H and O–H groups in total. The number of nitrogens with zero attached hydrogens (tertiary/aromatic N) is 1. The third-order valence-electron chi connectivity index (χ3n) is 2.96. The van der Waals surface area contributed by atoms with Gasteiger partial charge in [0.15, 0.2) is 0 Å². The van der Waals surface area contributed by atoms with Gasteiger partial charge in [0, 0.05) is 11.0 Å². The molecule has 2 aromatic rings. The molecule has 0 fully saturated rings. The number of carbonyl (C=O) groups is 1. The Morgan fingerprint density at radius 2 is 1.86 bits per heavy atom. The lowest BCUT2D eigenvalue weighted by Crippen LogP contribution is -2.03. The summed E-state index contributed by atoms with van der Waals surface area (Å²) in [6.45, 7) is 0.573. The molecule has 0 radical (unpaired) electrons. The first-order valence-corrected chi connectivity index (χ1v) is 7.11. The molecule has 2 aromatic carbocycles. The number of carboxylic acids is 1. The van der Waals surface area contributed by atoms with E-state index < -0.39 is 5.97 Å². The molecule has 106 valence electrons. The van der Waals surface area contributed by atoms with E-state index in [0.29, 0.717) is 12.1 Å². The van der Waals surface area contributed by atoms with Gasteiger partial charge in [0.25, 0.3) is 0 Å². The van der Waals surface area contributed by atoms with Crippen molar-refractivity contribution < 1.29 is 9.90 Å². The molecular weight excluding hydrogens is 332 g/mol. The van der Waals surface area contributed by atoms with Crippen molar-refractivity contribution in [3.05, 3.63) is 63.6 Å². The lowest BCUT2D eigenvalue weighted by atomic mass is 10.1. The first-order chi connectivity index (χ1) is 10.1. The molecule has 0 aliphatic carbocycles. The molecule has 0 aromatic heterocycles. The number of hydrogen-bond donors (Lipinski definition) is 2. The first kappa shape index (κ1) is 15.1. The molecule has 0 atom stereocenters. The van der Waals surface area contributed by atoms with Crippen molar-refractivity contribution in [2.45, 2.75) is 13.0 Å². The Hall–Kier alpha value is -2.32. The fourth-order valence-corrected chi connectivity index (χ4v) is 2.27. The van der Waals surface area contributed by atoms with E-state index in [1.54, 1.807) is 18.2 Å². The van der Waals surface area contributed by atoms with Crippen LogP contribution in [0, 0.1) is 11.3 Å². The lowest BCUT2D eigenvalue weighted by Gasteiger charge is -2.09. The Kier molecular flexibility index (Phi) is 4.96. The molecule has 0 bridgehead atoms. The Balaban J connectivity index is 2.03. The van der Waals surface area contributed by atoms with Gasteiger partial charge in [-0.1, -0.05) is 40.2 Å². The second kappa shape index (κ2) is 6.91. The zero-order chi connectivity index (χ0) is 15.2. The Morgan fingerprint density at radius 1 is 1.19 bits per heavy atom. The van der Waals surface area contributed by atoms with E-state index in [0.717, 1.165) is 21.3 Å². The zero-order valence-corrected chi connectivity index (χ0v) is 12.7. The van der Waals surface area contributed by atoms with Crippen molar-refractivity contribution in [3.8, 4) is 6.07 Å². The van der Waals surface area contributed by atoms with Crippen molar-refractivity contribution >= 4 is 27.6 Å². The number of hydrogen-bond acceptors (Lipinski definition) is 3. The first-order valence-electron chi connectivity index (χ1n) is 6.31. The molecule has 0 spiro atoms. The number of benzene rings is 2. The van der Waals surface area contributed by atoms with Crippen LogP contribution in [0.15, 0.2) is 46.9 Å². The Morgan fingerprint density at radius 3 is 2.48 bits per heavy atom. The highest BCUT2D eigenvalue weighted by Gasteiger charge is 2.03. The number of halogens is 1. The Bertz CT molecular complexity index is 690. The SMILES string of the molecule is N#Cc1cc(Br)ccc1NCc1ccc(CC(=O)O)cc1. The van der Waals surface area contributed by atoms with Crippen molar-refractivity contribution in [3.63, 3.8) is 0 Å². The summed E-state index contributed by atoms with van der Waals surface area (Å²) in [6.07, 6.45) is 0.0268.